The molecule has 0 aliphatic rings. The largest absolute Gasteiger partial charge is 0.457 e. The minimum Gasteiger partial charge on any atom is -0.457 e. The summed E-state index contributed by atoms with van der Waals surface area (Å²) >= 11 is 0. The Morgan fingerprint density at radius 2 is 1.85 bits per heavy atom. The van der Waals surface area contributed by atoms with Crippen molar-refractivity contribution in [2.24, 2.45) is 5.73 Å². The van der Waals surface area contributed by atoms with E-state index in [0.717, 1.165) is 29.0 Å². The summed E-state index contributed by atoms with van der Waals surface area (Å²) in [5.41, 5.74) is 8.09. The van der Waals surface area contributed by atoms with Crippen LogP contribution in [0, 0.1) is 11.3 Å². The van der Waals surface area contributed by atoms with Gasteiger partial charge in [-0.15, -0.1) is 0 Å². The van der Waals surface area contributed by atoms with Gasteiger partial charge in [0.15, 0.2) is 0 Å². The summed E-state index contributed by atoms with van der Waals surface area (Å²) in [5, 5.41) is 8.65. The maximum absolute atomic E-state index is 8.65. The second kappa shape index (κ2) is 6.74. The highest BCUT2D eigenvalue weighted by atomic mass is 16.5. The summed E-state index contributed by atoms with van der Waals surface area (Å²) in [6.45, 7) is 2.05. The highest BCUT2D eigenvalue weighted by Crippen LogP contribution is 2.29. The minimum atomic E-state index is -0.0240. The van der Waals surface area contributed by atoms with Gasteiger partial charge in [0.2, 0.25) is 0 Å². The topological polar surface area (TPSA) is 59.0 Å². The molecular formula is C17H18N2O. The van der Waals surface area contributed by atoms with Crippen molar-refractivity contribution in [3.63, 3.8) is 0 Å². The molecule has 0 saturated heterocycles. The van der Waals surface area contributed by atoms with Gasteiger partial charge in [0.25, 0.3) is 0 Å². The van der Waals surface area contributed by atoms with Crippen molar-refractivity contribution in [3.05, 3.63) is 59.7 Å². The second-order valence-corrected chi connectivity index (χ2v) is 4.63. The lowest BCUT2D eigenvalue weighted by atomic mass is 10.0. The van der Waals surface area contributed by atoms with E-state index in [0.29, 0.717) is 6.42 Å². The first-order valence-corrected chi connectivity index (χ1v) is 6.73. The Balaban J connectivity index is 2.19. The molecular weight excluding hydrogens is 248 g/mol. The first-order chi connectivity index (χ1) is 9.74. The fourth-order valence-electron chi connectivity index (χ4n) is 1.99. The number of nitriles is 1. The Hall–Kier alpha value is -2.31. The zero-order valence-corrected chi connectivity index (χ0v) is 11.5. The van der Waals surface area contributed by atoms with Gasteiger partial charge in [-0.2, -0.15) is 5.26 Å². The van der Waals surface area contributed by atoms with Crippen LogP contribution in [0.3, 0.4) is 0 Å². The molecule has 0 heterocycles. The van der Waals surface area contributed by atoms with E-state index in [2.05, 4.69) is 13.0 Å². The van der Waals surface area contributed by atoms with Gasteiger partial charge in [0, 0.05) is 11.6 Å². The lowest BCUT2D eigenvalue weighted by Crippen LogP contribution is -2.09. The highest BCUT2D eigenvalue weighted by molar-refractivity contribution is 5.40. The number of ether oxygens (including phenoxy) is 1. The Labute approximate surface area is 119 Å². The molecule has 0 amide bonds. The first kappa shape index (κ1) is 14.1. The molecule has 2 N–H and O–H groups in total. The third-order valence-electron chi connectivity index (χ3n) is 3.19. The molecule has 2 rings (SSSR count). The van der Waals surface area contributed by atoms with E-state index in [1.807, 2.05) is 48.5 Å². The zero-order valence-electron chi connectivity index (χ0n) is 11.5. The predicted octanol–water partition coefficient (Wildman–Crippen LogP) is 3.95. The molecule has 2 aromatic rings. The molecule has 0 unspecified atom stereocenters. The number of rotatable bonds is 5. The molecule has 3 nitrogen and oxygen atoms in total. The molecule has 0 aliphatic carbocycles. The van der Waals surface area contributed by atoms with E-state index < -0.39 is 0 Å². The molecule has 2 aromatic carbocycles. The number of benzene rings is 2. The monoisotopic (exact) mass is 266 g/mol. The fourth-order valence-corrected chi connectivity index (χ4v) is 1.99. The number of nitrogens with zero attached hydrogens (tertiary/aromatic N) is 1. The van der Waals surface area contributed by atoms with Crippen molar-refractivity contribution in [2.45, 2.75) is 25.8 Å². The first-order valence-electron chi connectivity index (χ1n) is 6.73. The van der Waals surface area contributed by atoms with Crippen LogP contribution in [0.1, 0.15) is 30.5 Å². The maximum atomic E-state index is 8.65. The van der Waals surface area contributed by atoms with Gasteiger partial charge in [-0.05, 0) is 30.2 Å². The van der Waals surface area contributed by atoms with Crippen LogP contribution in [0.4, 0.5) is 0 Å². The lowest BCUT2D eigenvalue weighted by molar-refractivity contribution is 0.468. The average molecular weight is 266 g/mol. The van der Waals surface area contributed by atoms with Crippen LogP contribution >= 0.6 is 0 Å². The maximum Gasteiger partial charge on any atom is 0.132 e. The Bertz CT molecular complexity index is 599. The molecule has 0 spiro atoms. The molecule has 1 atom stereocenters. The molecule has 0 saturated carbocycles. The third kappa shape index (κ3) is 3.37. The molecule has 0 bridgehead atoms. The van der Waals surface area contributed by atoms with E-state index >= 15 is 0 Å². The van der Waals surface area contributed by atoms with Crippen LogP contribution in [0.5, 0.6) is 11.5 Å². The van der Waals surface area contributed by atoms with Crippen LogP contribution in [0.2, 0.25) is 0 Å². The number of hydrogen-bond donors (Lipinski definition) is 1. The van der Waals surface area contributed by atoms with Crippen LogP contribution in [0.15, 0.2) is 48.5 Å². The van der Waals surface area contributed by atoms with Crippen molar-refractivity contribution >= 4 is 0 Å². The zero-order chi connectivity index (χ0) is 14.4. The summed E-state index contributed by atoms with van der Waals surface area (Å²) in [5.74, 6) is 1.54. The molecule has 102 valence electrons. The van der Waals surface area contributed by atoms with E-state index in [1.54, 1.807) is 0 Å². The van der Waals surface area contributed by atoms with Crippen molar-refractivity contribution in [2.75, 3.05) is 0 Å². The predicted molar refractivity (Wildman–Crippen MR) is 79.5 cm³/mol. The molecule has 0 aliphatic heterocycles. The normalized spacial score (nSPS) is 11.7. The third-order valence-corrected chi connectivity index (χ3v) is 3.19. The summed E-state index contributed by atoms with van der Waals surface area (Å²) in [6.07, 6.45) is 1.28. The van der Waals surface area contributed by atoms with Crippen LogP contribution < -0.4 is 10.5 Å². The van der Waals surface area contributed by atoms with Gasteiger partial charge in [0.1, 0.15) is 11.5 Å². The van der Waals surface area contributed by atoms with Crippen molar-refractivity contribution in [3.8, 4) is 17.6 Å². The van der Waals surface area contributed by atoms with Gasteiger partial charge in [-0.1, -0.05) is 37.3 Å². The van der Waals surface area contributed by atoms with Gasteiger partial charge in [-0.25, -0.2) is 0 Å². The standard InChI is InChI=1S/C17H18N2O/c1-2-16(19)15-5-3-4-6-17(15)20-14-9-7-13(8-10-14)11-12-18/h3-10,16H,2,11,19H2,1H3/t16-/m1/s1. The summed E-state index contributed by atoms with van der Waals surface area (Å²) in [6, 6.07) is 17.5. The van der Waals surface area contributed by atoms with Gasteiger partial charge in [-0.3, -0.25) is 0 Å². The van der Waals surface area contributed by atoms with Gasteiger partial charge >= 0.3 is 0 Å². The average Bonchev–Trinajstić information content (AvgIpc) is 2.49. The highest BCUT2D eigenvalue weighted by Gasteiger charge is 2.10. The van der Waals surface area contributed by atoms with E-state index in [4.69, 9.17) is 15.7 Å². The van der Waals surface area contributed by atoms with Crippen molar-refractivity contribution in [1.82, 2.24) is 0 Å². The number of hydrogen-bond acceptors (Lipinski definition) is 3. The summed E-state index contributed by atoms with van der Waals surface area (Å²) in [7, 11) is 0. The van der Waals surface area contributed by atoms with Crippen molar-refractivity contribution in [1.29, 1.82) is 5.26 Å². The van der Waals surface area contributed by atoms with E-state index in [1.165, 1.54) is 0 Å². The lowest BCUT2D eigenvalue weighted by Gasteiger charge is -2.15. The minimum absolute atomic E-state index is 0.0240. The van der Waals surface area contributed by atoms with Crippen molar-refractivity contribution < 1.29 is 4.74 Å². The molecule has 0 radical (unpaired) electrons. The van der Waals surface area contributed by atoms with Crippen LogP contribution in [-0.4, -0.2) is 0 Å². The fraction of sp³-hybridized carbons (Fsp3) is 0.235. The number of nitrogens with two attached hydrogens (primary N) is 1. The Morgan fingerprint density at radius 1 is 1.15 bits per heavy atom. The molecule has 0 fully saturated rings. The smallest absolute Gasteiger partial charge is 0.132 e. The molecule has 0 aromatic heterocycles. The number of para-hydroxylation sites is 1. The van der Waals surface area contributed by atoms with E-state index in [-0.39, 0.29) is 6.04 Å². The van der Waals surface area contributed by atoms with Gasteiger partial charge in [0.05, 0.1) is 12.5 Å². The van der Waals surface area contributed by atoms with Gasteiger partial charge < -0.3 is 10.5 Å². The Kier molecular flexibility index (Phi) is 4.75. The summed E-state index contributed by atoms with van der Waals surface area (Å²) in [4.78, 5) is 0. The van der Waals surface area contributed by atoms with Crippen LogP contribution in [-0.2, 0) is 6.42 Å². The van der Waals surface area contributed by atoms with E-state index in [9.17, 15) is 0 Å². The quantitative estimate of drug-likeness (QED) is 0.891. The molecule has 20 heavy (non-hydrogen) atoms. The Morgan fingerprint density at radius 3 is 2.50 bits per heavy atom. The molecule has 3 heteroatoms. The second-order valence-electron chi connectivity index (χ2n) is 4.63. The summed E-state index contributed by atoms with van der Waals surface area (Å²) < 4.78 is 5.90. The SMILES string of the molecule is CC[C@@H](N)c1ccccc1Oc1ccc(CC#N)cc1. The van der Waals surface area contributed by atoms with Crippen LogP contribution in [0.25, 0.3) is 0 Å².